The lowest BCUT2D eigenvalue weighted by atomic mass is 10.1. The number of hydrogen-bond acceptors (Lipinski definition) is 8. The van der Waals surface area contributed by atoms with Crippen LogP contribution in [0.15, 0.2) is 83.8 Å². The van der Waals surface area contributed by atoms with Gasteiger partial charge in [0.05, 0.1) is 30.5 Å². The number of methoxy groups -OCH3 is 1. The Labute approximate surface area is 271 Å². The Hall–Kier alpha value is -5.22. The first-order valence-corrected chi connectivity index (χ1v) is 16.2. The number of ether oxygens (including phenoxy) is 3. The molecule has 0 aliphatic rings. The second kappa shape index (κ2) is 14.3. The summed E-state index contributed by atoms with van der Waals surface area (Å²) in [4.78, 5) is 18.6. The number of thiazole rings is 1. The van der Waals surface area contributed by atoms with E-state index in [1.807, 2.05) is 95.8 Å². The van der Waals surface area contributed by atoms with Crippen molar-refractivity contribution in [3.05, 3.63) is 111 Å². The van der Waals surface area contributed by atoms with E-state index in [2.05, 4.69) is 23.9 Å². The zero-order valence-electron chi connectivity index (χ0n) is 26.1. The summed E-state index contributed by atoms with van der Waals surface area (Å²) >= 11 is 1.29. The number of nitrogens with zero attached hydrogens (tertiary/aromatic N) is 5. The second-order valence-electron chi connectivity index (χ2n) is 10.6. The van der Waals surface area contributed by atoms with Crippen molar-refractivity contribution in [3.8, 4) is 34.2 Å². The molecule has 0 spiro atoms. The van der Waals surface area contributed by atoms with Crippen LogP contribution in [0.25, 0.3) is 40.1 Å². The summed E-state index contributed by atoms with van der Waals surface area (Å²) in [5.41, 5.74) is 4.08. The highest BCUT2D eigenvalue weighted by Crippen LogP contribution is 2.29. The van der Waals surface area contributed by atoms with Gasteiger partial charge >= 0.3 is 0 Å². The predicted octanol–water partition coefficient (Wildman–Crippen LogP) is 6.70. The minimum Gasteiger partial charge on any atom is -0.494 e. The molecule has 0 saturated carbocycles. The van der Waals surface area contributed by atoms with Crippen LogP contribution in [0.2, 0.25) is 0 Å². The van der Waals surface area contributed by atoms with Crippen LogP contribution in [0, 0.1) is 0 Å². The molecule has 0 aliphatic heterocycles. The highest BCUT2D eigenvalue weighted by molar-refractivity contribution is 7.15. The summed E-state index contributed by atoms with van der Waals surface area (Å²) in [6, 6.07) is 23.5. The molecule has 46 heavy (non-hydrogen) atoms. The number of unbranched alkanes of at least 4 members (excludes halogenated alkanes) is 1. The molecule has 0 N–H and O–H groups in total. The van der Waals surface area contributed by atoms with E-state index in [1.54, 1.807) is 13.2 Å². The average molecular weight is 634 g/mol. The number of rotatable bonds is 13. The Morgan fingerprint density at radius 2 is 1.70 bits per heavy atom. The molecule has 0 atom stereocenters. The van der Waals surface area contributed by atoms with Crippen LogP contribution in [0.3, 0.4) is 0 Å². The SMILES string of the molecule is CCCCOc1ccc(-c2nn(-c3ccccc3)cc2/C=c2\sc3nc(/C=C/c4ccc(OCCC)c(OC)c4)nn3c2=O)cc1. The lowest BCUT2D eigenvalue weighted by molar-refractivity contribution is 0.294. The van der Waals surface area contributed by atoms with E-state index in [0.29, 0.717) is 40.0 Å². The van der Waals surface area contributed by atoms with Gasteiger partial charge in [-0.15, -0.1) is 5.10 Å². The summed E-state index contributed by atoms with van der Waals surface area (Å²) in [5, 5.41) is 9.38. The third-order valence-electron chi connectivity index (χ3n) is 7.22. The van der Waals surface area contributed by atoms with Gasteiger partial charge in [-0.25, -0.2) is 4.68 Å². The molecule has 0 bridgehead atoms. The first-order valence-electron chi connectivity index (χ1n) is 15.3. The maximum atomic E-state index is 13.5. The van der Waals surface area contributed by atoms with Crippen LogP contribution in [0.1, 0.15) is 50.1 Å². The molecule has 3 heterocycles. The molecule has 0 amide bonds. The number of benzene rings is 3. The van der Waals surface area contributed by atoms with Crippen molar-refractivity contribution in [1.29, 1.82) is 0 Å². The maximum absolute atomic E-state index is 13.5. The normalized spacial score (nSPS) is 11.9. The first kappa shape index (κ1) is 30.8. The van der Waals surface area contributed by atoms with Gasteiger partial charge in [0.2, 0.25) is 4.96 Å². The largest absolute Gasteiger partial charge is 0.494 e. The topological polar surface area (TPSA) is 92.8 Å². The van der Waals surface area contributed by atoms with Gasteiger partial charge in [-0.2, -0.15) is 14.6 Å². The van der Waals surface area contributed by atoms with Crippen molar-refractivity contribution in [1.82, 2.24) is 24.4 Å². The lowest BCUT2D eigenvalue weighted by Crippen LogP contribution is -2.23. The third-order valence-corrected chi connectivity index (χ3v) is 8.18. The Bertz CT molecular complexity index is 2060. The van der Waals surface area contributed by atoms with Crippen LogP contribution in [-0.4, -0.2) is 44.7 Å². The molecule has 9 nitrogen and oxygen atoms in total. The van der Waals surface area contributed by atoms with Gasteiger partial charge in [-0.3, -0.25) is 4.79 Å². The minimum absolute atomic E-state index is 0.232. The Balaban J connectivity index is 1.30. The van der Waals surface area contributed by atoms with Gasteiger partial charge in [0.1, 0.15) is 11.4 Å². The van der Waals surface area contributed by atoms with E-state index in [-0.39, 0.29) is 5.56 Å². The number of hydrogen-bond donors (Lipinski definition) is 0. The fourth-order valence-corrected chi connectivity index (χ4v) is 5.73. The van der Waals surface area contributed by atoms with Gasteiger partial charge in [-0.1, -0.05) is 61.9 Å². The first-order chi connectivity index (χ1) is 22.6. The zero-order chi connectivity index (χ0) is 31.9. The standard InChI is InChI=1S/C36H35N5O4S/c1-4-6-21-44-29-16-14-26(15-17-29)34-27(24-40(39-34)28-10-8-7-9-11-28)23-32-35(42)41-36(46-32)37-33(38-41)19-13-25-12-18-30(45-20-5-2)31(22-25)43-3/h7-19,22-24H,4-6,20-21H2,1-3H3/b19-13+,32-23-. The van der Waals surface area contributed by atoms with Gasteiger partial charge in [0.25, 0.3) is 5.56 Å². The van der Waals surface area contributed by atoms with Crippen molar-refractivity contribution in [3.63, 3.8) is 0 Å². The number of fused-ring (bicyclic) bond motifs is 1. The summed E-state index contributed by atoms with van der Waals surface area (Å²) < 4.78 is 20.8. The molecule has 6 aromatic rings. The van der Waals surface area contributed by atoms with Crippen LogP contribution in [-0.2, 0) is 0 Å². The Morgan fingerprint density at radius 1 is 0.870 bits per heavy atom. The number of aromatic nitrogens is 5. The smallest absolute Gasteiger partial charge is 0.291 e. The molecule has 234 valence electrons. The lowest BCUT2D eigenvalue weighted by Gasteiger charge is -2.10. The Morgan fingerprint density at radius 3 is 2.43 bits per heavy atom. The van der Waals surface area contributed by atoms with Gasteiger partial charge in [-0.05, 0) is 79.1 Å². The molecular weight excluding hydrogens is 598 g/mol. The monoisotopic (exact) mass is 633 g/mol. The molecule has 6 rings (SSSR count). The summed E-state index contributed by atoms with van der Waals surface area (Å²) in [6.07, 6.45) is 10.5. The van der Waals surface area contributed by atoms with Crippen molar-refractivity contribution < 1.29 is 14.2 Å². The fraction of sp³-hybridized carbons (Fsp3) is 0.222. The van der Waals surface area contributed by atoms with E-state index in [9.17, 15) is 4.79 Å². The fourth-order valence-electron chi connectivity index (χ4n) is 4.82. The average Bonchev–Trinajstić information content (AvgIpc) is 3.78. The van der Waals surface area contributed by atoms with Crippen molar-refractivity contribution in [2.75, 3.05) is 20.3 Å². The molecular formula is C36H35N5O4S. The van der Waals surface area contributed by atoms with E-state index in [4.69, 9.17) is 19.3 Å². The minimum atomic E-state index is -0.232. The van der Waals surface area contributed by atoms with Crippen LogP contribution >= 0.6 is 11.3 Å². The van der Waals surface area contributed by atoms with Crippen molar-refractivity contribution in [2.24, 2.45) is 0 Å². The quantitative estimate of drug-likeness (QED) is 0.131. The molecule has 0 aliphatic carbocycles. The van der Waals surface area contributed by atoms with Crippen LogP contribution in [0.5, 0.6) is 17.2 Å². The van der Waals surface area contributed by atoms with Crippen LogP contribution in [0.4, 0.5) is 0 Å². The van der Waals surface area contributed by atoms with E-state index >= 15 is 0 Å². The summed E-state index contributed by atoms with van der Waals surface area (Å²) in [5.74, 6) is 2.62. The van der Waals surface area contributed by atoms with E-state index in [1.165, 1.54) is 15.9 Å². The molecule has 0 fully saturated rings. The zero-order valence-corrected chi connectivity index (χ0v) is 26.9. The van der Waals surface area contributed by atoms with Gasteiger partial charge in [0.15, 0.2) is 17.3 Å². The van der Waals surface area contributed by atoms with E-state index in [0.717, 1.165) is 53.1 Å². The molecule has 0 radical (unpaired) electrons. The molecule has 0 saturated heterocycles. The number of para-hydroxylation sites is 1. The van der Waals surface area contributed by atoms with Crippen molar-refractivity contribution in [2.45, 2.75) is 33.1 Å². The summed E-state index contributed by atoms with van der Waals surface area (Å²) in [6.45, 7) is 5.51. The van der Waals surface area contributed by atoms with Crippen molar-refractivity contribution >= 4 is 34.5 Å². The third kappa shape index (κ3) is 6.87. The second-order valence-corrected chi connectivity index (χ2v) is 11.6. The summed E-state index contributed by atoms with van der Waals surface area (Å²) in [7, 11) is 1.62. The van der Waals surface area contributed by atoms with Crippen LogP contribution < -0.4 is 24.3 Å². The Kier molecular flexibility index (Phi) is 9.54. The highest BCUT2D eigenvalue weighted by Gasteiger charge is 2.14. The molecule has 0 unspecified atom stereocenters. The highest BCUT2D eigenvalue weighted by atomic mass is 32.1. The molecule has 3 aromatic heterocycles. The van der Waals surface area contributed by atoms with E-state index < -0.39 is 0 Å². The predicted molar refractivity (Wildman–Crippen MR) is 183 cm³/mol. The van der Waals surface area contributed by atoms with Gasteiger partial charge in [0, 0.05) is 17.3 Å². The maximum Gasteiger partial charge on any atom is 0.291 e. The molecule has 3 aromatic carbocycles. The molecule has 10 heteroatoms. The van der Waals surface area contributed by atoms with Gasteiger partial charge < -0.3 is 14.2 Å².